The molecule has 1 fully saturated rings. The molecule has 2 aromatic rings. The number of thiophene rings is 1. The van der Waals surface area contributed by atoms with E-state index in [1.165, 1.54) is 18.4 Å². The topological polar surface area (TPSA) is 78.5 Å². The van der Waals surface area contributed by atoms with Crippen molar-refractivity contribution in [3.05, 3.63) is 53.4 Å². The molecular formula is C24H35N3O3S2. The van der Waals surface area contributed by atoms with Gasteiger partial charge in [-0.3, -0.25) is 4.79 Å². The predicted octanol–water partition coefficient (Wildman–Crippen LogP) is 3.51. The quantitative estimate of drug-likeness (QED) is 0.486. The minimum absolute atomic E-state index is 0.145. The molecule has 1 aliphatic heterocycles. The molecule has 176 valence electrons. The van der Waals surface area contributed by atoms with E-state index in [4.69, 9.17) is 0 Å². The molecule has 0 spiro atoms. The molecule has 1 amide bonds. The number of hydrogen-bond acceptors (Lipinski definition) is 5. The molecular weight excluding hydrogens is 442 g/mol. The van der Waals surface area contributed by atoms with Crippen LogP contribution in [0.3, 0.4) is 0 Å². The molecule has 0 aliphatic carbocycles. The van der Waals surface area contributed by atoms with E-state index in [0.717, 1.165) is 49.7 Å². The van der Waals surface area contributed by atoms with Crippen LogP contribution in [0.5, 0.6) is 0 Å². The van der Waals surface area contributed by atoms with Crippen LogP contribution in [0.2, 0.25) is 0 Å². The lowest BCUT2D eigenvalue weighted by atomic mass is 9.90. The fourth-order valence-electron chi connectivity index (χ4n) is 4.12. The maximum Gasteiger partial charge on any atom is 0.250 e. The van der Waals surface area contributed by atoms with Gasteiger partial charge in [-0.15, -0.1) is 11.3 Å². The molecule has 1 saturated heterocycles. The Bertz CT molecular complexity index is 923. The van der Waals surface area contributed by atoms with Gasteiger partial charge in [-0.1, -0.05) is 50.2 Å². The van der Waals surface area contributed by atoms with Crippen LogP contribution in [-0.2, 0) is 21.2 Å². The molecule has 1 unspecified atom stereocenters. The minimum Gasteiger partial charge on any atom is -0.355 e. The lowest BCUT2D eigenvalue weighted by Crippen LogP contribution is -2.49. The third-order valence-corrected chi connectivity index (χ3v) is 8.85. The number of likely N-dealkylation sites (tertiary alicyclic amines) is 1. The normalized spacial score (nSPS) is 16.8. The van der Waals surface area contributed by atoms with Crippen molar-refractivity contribution in [1.82, 2.24) is 14.9 Å². The summed E-state index contributed by atoms with van der Waals surface area (Å²) in [6.07, 6.45) is 4.43. The van der Waals surface area contributed by atoms with Crippen LogP contribution in [0.15, 0.2) is 52.1 Å². The summed E-state index contributed by atoms with van der Waals surface area (Å²) in [5.41, 5.74) is 1.42. The number of nitrogens with one attached hydrogen (secondary N) is 2. The first-order valence-corrected chi connectivity index (χ1v) is 13.8. The van der Waals surface area contributed by atoms with Crippen molar-refractivity contribution in [2.45, 2.75) is 49.8 Å². The van der Waals surface area contributed by atoms with Gasteiger partial charge < -0.3 is 10.2 Å². The second-order valence-corrected chi connectivity index (χ2v) is 11.8. The number of amides is 1. The van der Waals surface area contributed by atoms with E-state index in [9.17, 15) is 13.2 Å². The highest BCUT2D eigenvalue weighted by atomic mass is 32.2. The van der Waals surface area contributed by atoms with E-state index in [0.29, 0.717) is 6.54 Å². The monoisotopic (exact) mass is 477 g/mol. The summed E-state index contributed by atoms with van der Waals surface area (Å²) >= 11 is 1.15. The van der Waals surface area contributed by atoms with Crippen molar-refractivity contribution in [3.8, 4) is 0 Å². The molecule has 0 saturated carbocycles. The van der Waals surface area contributed by atoms with Gasteiger partial charge in [-0.05, 0) is 74.2 Å². The maximum absolute atomic E-state index is 12.7. The molecule has 0 bridgehead atoms. The molecule has 8 heteroatoms. The van der Waals surface area contributed by atoms with Gasteiger partial charge in [0.25, 0.3) is 10.0 Å². The Balaban J connectivity index is 1.37. The van der Waals surface area contributed by atoms with E-state index in [1.807, 2.05) is 13.8 Å². The van der Waals surface area contributed by atoms with Crippen molar-refractivity contribution in [3.63, 3.8) is 0 Å². The van der Waals surface area contributed by atoms with Gasteiger partial charge in [0.2, 0.25) is 5.91 Å². The van der Waals surface area contributed by atoms with Crippen molar-refractivity contribution in [2.75, 3.05) is 26.2 Å². The first-order valence-electron chi connectivity index (χ1n) is 11.4. The zero-order valence-corrected chi connectivity index (χ0v) is 20.6. The fourth-order valence-corrected chi connectivity index (χ4v) is 6.47. The van der Waals surface area contributed by atoms with Crippen LogP contribution in [0, 0.1) is 11.8 Å². The van der Waals surface area contributed by atoms with Crippen LogP contribution in [0.25, 0.3) is 0 Å². The van der Waals surface area contributed by atoms with Gasteiger partial charge in [0.1, 0.15) is 10.3 Å². The minimum atomic E-state index is -3.68. The molecule has 32 heavy (non-hydrogen) atoms. The van der Waals surface area contributed by atoms with Gasteiger partial charge in [0.05, 0.1) is 0 Å². The van der Waals surface area contributed by atoms with Crippen LogP contribution >= 0.6 is 11.3 Å². The van der Waals surface area contributed by atoms with Crippen molar-refractivity contribution in [1.29, 1.82) is 0 Å². The number of piperidine rings is 1. The summed E-state index contributed by atoms with van der Waals surface area (Å²) in [7, 11) is -3.68. The first kappa shape index (κ1) is 24.9. The van der Waals surface area contributed by atoms with Crippen LogP contribution in [-0.4, -0.2) is 51.4 Å². The van der Waals surface area contributed by atoms with E-state index >= 15 is 0 Å². The van der Waals surface area contributed by atoms with Gasteiger partial charge in [-0.2, -0.15) is 4.72 Å². The van der Waals surface area contributed by atoms with Gasteiger partial charge >= 0.3 is 0 Å². The summed E-state index contributed by atoms with van der Waals surface area (Å²) in [6, 6.07) is 13.1. The average molecular weight is 478 g/mol. The first-order chi connectivity index (χ1) is 15.3. The second-order valence-electron chi connectivity index (χ2n) is 8.89. The largest absolute Gasteiger partial charge is 0.355 e. The standard InChI is InChI=1S/C24H35N3O3S2/c1-19(2)23(26-32(29,30)22-10-6-17-31-22)24(28)25-13-7-14-27-15-11-21(12-16-27)18-20-8-4-3-5-9-20/h3-6,8-10,17,19,21,23,26H,7,11-16,18H2,1-2H3,(H,25,28). The smallest absolute Gasteiger partial charge is 0.250 e. The van der Waals surface area contributed by atoms with Crippen LogP contribution in [0.1, 0.15) is 38.7 Å². The Kier molecular flexibility index (Phi) is 9.28. The van der Waals surface area contributed by atoms with E-state index < -0.39 is 16.1 Å². The van der Waals surface area contributed by atoms with Crippen molar-refractivity contribution >= 4 is 27.3 Å². The second kappa shape index (κ2) is 11.9. The number of hydrogen-bond donors (Lipinski definition) is 2. The van der Waals surface area contributed by atoms with Gasteiger partial charge in [0.15, 0.2) is 0 Å². The zero-order chi connectivity index (χ0) is 23.0. The number of carbonyl (C=O) groups excluding carboxylic acids is 1. The van der Waals surface area contributed by atoms with Crippen LogP contribution < -0.4 is 10.0 Å². The molecule has 2 N–H and O–H groups in total. The zero-order valence-electron chi connectivity index (χ0n) is 19.0. The number of nitrogens with zero attached hydrogens (tertiary/aromatic N) is 1. The predicted molar refractivity (Wildman–Crippen MR) is 130 cm³/mol. The van der Waals surface area contributed by atoms with Crippen molar-refractivity contribution in [2.24, 2.45) is 11.8 Å². The Hall–Kier alpha value is -1.74. The molecule has 1 aromatic carbocycles. The molecule has 1 atom stereocenters. The molecule has 1 aliphatic rings. The van der Waals surface area contributed by atoms with Gasteiger partial charge in [-0.25, -0.2) is 8.42 Å². The van der Waals surface area contributed by atoms with Gasteiger partial charge in [0, 0.05) is 6.54 Å². The summed E-state index contributed by atoms with van der Waals surface area (Å²) in [5.74, 6) is 0.339. The van der Waals surface area contributed by atoms with E-state index in [1.54, 1.807) is 17.5 Å². The third-order valence-electron chi connectivity index (χ3n) is 6.02. The number of rotatable bonds is 11. The number of carbonyl (C=O) groups is 1. The fraction of sp³-hybridized carbons (Fsp3) is 0.542. The molecule has 0 radical (unpaired) electrons. The highest BCUT2D eigenvalue weighted by Crippen LogP contribution is 2.21. The van der Waals surface area contributed by atoms with Crippen molar-refractivity contribution < 1.29 is 13.2 Å². The summed E-state index contributed by atoms with van der Waals surface area (Å²) in [6.45, 7) is 7.39. The van der Waals surface area contributed by atoms with E-state index in [2.05, 4.69) is 45.3 Å². The molecule has 3 rings (SSSR count). The highest BCUT2D eigenvalue weighted by Gasteiger charge is 2.28. The lowest BCUT2D eigenvalue weighted by Gasteiger charge is -2.32. The Morgan fingerprint density at radius 3 is 2.47 bits per heavy atom. The number of benzene rings is 1. The van der Waals surface area contributed by atoms with Crippen LogP contribution in [0.4, 0.5) is 0 Å². The summed E-state index contributed by atoms with van der Waals surface area (Å²) < 4.78 is 27.8. The Labute approximate surface area is 196 Å². The molecule has 6 nitrogen and oxygen atoms in total. The highest BCUT2D eigenvalue weighted by molar-refractivity contribution is 7.91. The summed E-state index contributed by atoms with van der Waals surface area (Å²) in [4.78, 5) is 15.1. The number of sulfonamides is 1. The Morgan fingerprint density at radius 1 is 1.12 bits per heavy atom. The molecule has 1 aromatic heterocycles. The lowest BCUT2D eigenvalue weighted by molar-refractivity contribution is -0.123. The molecule has 2 heterocycles. The Morgan fingerprint density at radius 2 is 1.84 bits per heavy atom. The van der Waals surface area contributed by atoms with E-state index in [-0.39, 0.29) is 16.0 Å². The average Bonchev–Trinajstić information content (AvgIpc) is 3.33. The third kappa shape index (κ3) is 7.40. The SMILES string of the molecule is CC(C)C(NS(=O)(=O)c1cccs1)C(=O)NCCCN1CCC(Cc2ccccc2)CC1. The summed E-state index contributed by atoms with van der Waals surface area (Å²) in [5, 5.41) is 4.64. The maximum atomic E-state index is 12.7.